The van der Waals surface area contributed by atoms with Gasteiger partial charge in [-0.25, -0.2) is 0 Å². The third-order valence-corrected chi connectivity index (χ3v) is 5.67. The summed E-state index contributed by atoms with van der Waals surface area (Å²) in [6.07, 6.45) is 12.3. The second-order valence-electron chi connectivity index (χ2n) is 6.05. The lowest BCUT2D eigenvalue weighted by Crippen LogP contribution is -2.21. The number of anilines is 2. The van der Waals surface area contributed by atoms with Crippen LogP contribution in [0.4, 0.5) is 11.5 Å². The molecule has 0 atom stereocenters. The van der Waals surface area contributed by atoms with Crippen molar-refractivity contribution in [1.82, 2.24) is 4.57 Å². The van der Waals surface area contributed by atoms with Crippen LogP contribution in [0.2, 0.25) is 4.34 Å². The summed E-state index contributed by atoms with van der Waals surface area (Å²) in [6.45, 7) is 0. The molecule has 2 aromatic heterocycles. The van der Waals surface area contributed by atoms with E-state index in [1.54, 1.807) is 12.1 Å². The Morgan fingerprint density at radius 3 is 2.42 bits per heavy atom. The number of fused-ring (bicyclic) bond motifs is 1. The van der Waals surface area contributed by atoms with E-state index in [2.05, 4.69) is 16.7 Å². The van der Waals surface area contributed by atoms with Crippen LogP contribution in [-0.4, -0.2) is 11.6 Å². The summed E-state index contributed by atoms with van der Waals surface area (Å²) in [5, 5.41) is 0.657. The standard InChI is InChI=1S/C21H17ClN2OS/c1-23(15-9-7-4-8-10-15)20-14-18(25)17-13-19(22)26-21(17)24(20)16-11-5-2-3-6-12-16/h2-14,16H,1H3. The highest BCUT2D eigenvalue weighted by molar-refractivity contribution is 7.22. The average Bonchev–Trinajstić information content (AvgIpc) is 2.87. The number of rotatable bonds is 3. The molecule has 0 radical (unpaired) electrons. The van der Waals surface area contributed by atoms with Crippen LogP contribution in [0.3, 0.4) is 0 Å². The first-order valence-electron chi connectivity index (χ1n) is 8.30. The predicted octanol–water partition coefficient (Wildman–Crippen LogP) is 5.71. The van der Waals surface area contributed by atoms with Crippen LogP contribution in [0.15, 0.2) is 83.7 Å². The molecule has 1 aliphatic carbocycles. The second-order valence-corrected chi connectivity index (χ2v) is 7.71. The molecule has 0 bridgehead atoms. The molecule has 0 aliphatic heterocycles. The Balaban J connectivity index is 1.99. The number of hydrogen-bond donors (Lipinski definition) is 0. The Morgan fingerprint density at radius 2 is 1.73 bits per heavy atom. The van der Waals surface area contributed by atoms with E-state index in [0.717, 1.165) is 16.3 Å². The van der Waals surface area contributed by atoms with Crippen molar-refractivity contribution < 1.29 is 0 Å². The molecule has 3 aromatic rings. The topological polar surface area (TPSA) is 25.2 Å². The third-order valence-electron chi connectivity index (χ3n) is 4.41. The van der Waals surface area contributed by atoms with Crippen molar-refractivity contribution in [3.05, 3.63) is 93.5 Å². The van der Waals surface area contributed by atoms with E-state index >= 15 is 0 Å². The van der Waals surface area contributed by atoms with Gasteiger partial charge in [-0.05, 0) is 18.2 Å². The van der Waals surface area contributed by atoms with Gasteiger partial charge in [0, 0.05) is 18.8 Å². The van der Waals surface area contributed by atoms with E-state index in [4.69, 9.17) is 11.6 Å². The smallest absolute Gasteiger partial charge is 0.192 e. The van der Waals surface area contributed by atoms with Gasteiger partial charge < -0.3 is 9.47 Å². The van der Waals surface area contributed by atoms with Crippen LogP contribution in [0.25, 0.3) is 10.2 Å². The number of benzene rings is 1. The minimum Gasteiger partial charge on any atom is -0.331 e. The van der Waals surface area contributed by atoms with Gasteiger partial charge in [0.2, 0.25) is 0 Å². The Kier molecular flexibility index (Phi) is 4.53. The lowest BCUT2D eigenvalue weighted by molar-refractivity contribution is 0.746. The zero-order valence-corrected chi connectivity index (χ0v) is 15.7. The van der Waals surface area contributed by atoms with Crippen molar-refractivity contribution in [1.29, 1.82) is 0 Å². The minimum absolute atomic E-state index is 0.0102. The maximum absolute atomic E-state index is 12.7. The van der Waals surface area contributed by atoms with Crippen LogP contribution in [0.5, 0.6) is 0 Å². The summed E-state index contributed by atoms with van der Waals surface area (Å²) in [5.74, 6) is 0.827. The number of hydrogen-bond acceptors (Lipinski definition) is 3. The minimum atomic E-state index is -0.0168. The maximum atomic E-state index is 12.7. The van der Waals surface area contributed by atoms with Crippen molar-refractivity contribution in [3.8, 4) is 0 Å². The molecule has 130 valence electrons. The van der Waals surface area contributed by atoms with E-state index in [9.17, 15) is 4.79 Å². The van der Waals surface area contributed by atoms with Gasteiger partial charge in [0.05, 0.1) is 15.8 Å². The SMILES string of the molecule is CN(c1ccccc1)c1cc(=O)c2cc(Cl)sc2n1C1C=CC=CC=C1. The summed E-state index contributed by atoms with van der Waals surface area (Å²) in [7, 11) is 1.98. The Labute approximate surface area is 160 Å². The second kappa shape index (κ2) is 6.98. The normalized spacial score (nSPS) is 14.1. The molecule has 0 saturated heterocycles. The van der Waals surface area contributed by atoms with Crippen molar-refractivity contribution in [3.63, 3.8) is 0 Å². The molecular weight excluding hydrogens is 364 g/mol. The molecule has 0 saturated carbocycles. The number of allylic oxidation sites excluding steroid dienone is 6. The molecule has 26 heavy (non-hydrogen) atoms. The van der Waals surface area contributed by atoms with Crippen LogP contribution in [0.1, 0.15) is 6.04 Å². The molecule has 5 heteroatoms. The van der Waals surface area contributed by atoms with Crippen molar-refractivity contribution >= 4 is 44.7 Å². The van der Waals surface area contributed by atoms with Crippen LogP contribution in [0, 0.1) is 0 Å². The van der Waals surface area contributed by atoms with Gasteiger partial charge in [0.15, 0.2) is 5.43 Å². The highest BCUT2D eigenvalue weighted by Gasteiger charge is 2.19. The zero-order chi connectivity index (χ0) is 18.1. The van der Waals surface area contributed by atoms with E-state index in [1.807, 2.05) is 66.6 Å². The molecule has 1 aromatic carbocycles. The first-order chi connectivity index (χ1) is 12.6. The summed E-state index contributed by atoms with van der Waals surface area (Å²) in [6, 6.07) is 13.5. The Hall–Kier alpha value is -2.56. The first-order valence-corrected chi connectivity index (χ1v) is 9.49. The lowest BCUT2D eigenvalue weighted by atomic mass is 10.2. The largest absolute Gasteiger partial charge is 0.331 e. The summed E-state index contributed by atoms with van der Waals surface area (Å²) < 4.78 is 2.78. The van der Waals surface area contributed by atoms with Gasteiger partial charge in [0.25, 0.3) is 0 Å². The van der Waals surface area contributed by atoms with Gasteiger partial charge in [-0.3, -0.25) is 4.79 Å². The Morgan fingerprint density at radius 1 is 1.04 bits per heavy atom. The number of thiophene rings is 1. The van der Waals surface area contributed by atoms with Crippen LogP contribution >= 0.6 is 22.9 Å². The van der Waals surface area contributed by atoms with Crippen molar-refractivity contribution in [2.24, 2.45) is 0 Å². The van der Waals surface area contributed by atoms with E-state index < -0.39 is 0 Å². The molecule has 1 aliphatic rings. The van der Waals surface area contributed by atoms with Crippen LogP contribution in [-0.2, 0) is 0 Å². The van der Waals surface area contributed by atoms with E-state index in [0.29, 0.717) is 9.72 Å². The molecule has 4 rings (SSSR count). The maximum Gasteiger partial charge on any atom is 0.192 e. The monoisotopic (exact) mass is 380 g/mol. The fourth-order valence-electron chi connectivity index (χ4n) is 3.13. The lowest BCUT2D eigenvalue weighted by Gasteiger charge is -2.27. The Bertz CT molecular complexity index is 1080. The van der Waals surface area contributed by atoms with Gasteiger partial charge in [-0.1, -0.05) is 66.3 Å². The molecule has 0 N–H and O–H groups in total. The quantitative estimate of drug-likeness (QED) is 0.581. The van der Waals surface area contributed by atoms with Crippen molar-refractivity contribution in [2.75, 3.05) is 11.9 Å². The van der Waals surface area contributed by atoms with Gasteiger partial charge in [-0.15, -0.1) is 11.3 Å². The molecule has 0 fully saturated rings. The molecule has 2 heterocycles. The third kappa shape index (κ3) is 3.02. The van der Waals surface area contributed by atoms with E-state index in [-0.39, 0.29) is 11.5 Å². The summed E-state index contributed by atoms with van der Waals surface area (Å²) >= 11 is 7.69. The summed E-state index contributed by atoms with van der Waals surface area (Å²) in [5.41, 5.74) is 0.999. The molecule has 3 nitrogen and oxygen atoms in total. The number of pyridine rings is 1. The highest BCUT2D eigenvalue weighted by Crippen LogP contribution is 2.35. The molecular formula is C21H17ClN2OS. The van der Waals surface area contributed by atoms with Gasteiger partial charge in [0.1, 0.15) is 10.6 Å². The number of aromatic nitrogens is 1. The number of halogens is 1. The van der Waals surface area contributed by atoms with E-state index in [1.165, 1.54) is 11.3 Å². The van der Waals surface area contributed by atoms with Crippen LogP contribution < -0.4 is 10.3 Å². The molecule has 0 unspecified atom stereocenters. The highest BCUT2D eigenvalue weighted by atomic mass is 35.5. The number of nitrogens with zero attached hydrogens (tertiary/aromatic N) is 2. The fraction of sp³-hybridized carbons (Fsp3) is 0.0952. The van der Waals surface area contributed by atoms with Gasteiger partial charge in [-0.2, -0.15) is 0 Å². The van der Waals surface area contributed by atoms with Crippen molar-refractivity contribution in [2.45, 2.75) is 6.04 Å². The zero-order valence-electron chi connectivity index (χ0n) is 14.2. The molecule has 0 spiro atoms. The average molecular weight is 381 g/mol. The fourth-order valence-corrected chi connectivity index (χ4v) is 4.40. The van der Waals surface area contributed by atoms with Gasteiger partial charge >= 0.3 is 0 Å². The first kappa shape index (κ1) is 16.9. The number of para-hydroxylation sites is 1. The summed E-state index contributed by atoms with van der Waals surface area (Å²) in [4.78, 5) is 15.6. The predicted molar refractivity (Wildman–Crippen MR) is 112 cm³/mol. The molecule has 0 amide bonds.